The van der Waals surface area contributed by atoms with Gasteiger partial charge in [-0.1, -0.05) is 25.5 Å². The number of rotatable bonds is 9. The van der Waals surface area contributed by atoms with E-state index in [0.29, 0.717) is 5.75 Å². The predicted octanol–water partition coefficient (Wildman–Crippen LogP) is 3.48. The number of nitrogens with one attached hydrogen (secondary N) is 1. The molecule has 1 atom stereocenters. The van der Waals surface area contributed by atoms with Crippen molar-refractivity contribution in [2.45, 2.75) is 32.7 Å². The van der Waals surface area contributed by atoms with Crippen LogP contribution < -0.4 is 10.1 Å². The molecule has 1 rings (SSSR count). The van der Waals surface area contributed by atoms with E-state index in [0.717, 1.165) is 37.4 Å². The van der Waals surface area contributed by atoms with Gasteiger partial charge < -0.3 is 15.2 Å². The number of phenolic OH excluding ortho intramolecular Hbond substituents is 1. The minimum absolute atomic E-state index is 0.184. The van der Waals surface area contributed by atoms with Gasteiger partial charge in [0.15, 0.2) is 11.5 Å². The van der Waals surface area contributed by atoms with Gasteiger partial charge in [-0.25, -0.2) is 0 Å². The molecule has 0 aromatic heterocycles. The molecular weight excluding hydrogens is 238 g/mol. The van der Waals surface area contributed by atoms with Gasteiger partial charge in [0.1, 0.15) is 0 Å². The summed E-state index contributed by atoms with van der Waals surface area (Å²) in [5, 5.41) is 12.9. The SMILES string of the molecule is C=CCC(CC)CCNCc1ccc(O)c(OC)c1. The number of hydrogen-bond donors (Lipinski definition) is 2. The minimum atomic E-state index is 0.184. The Hall–Kier alpha value is -1.48. The van der Waals surface area contributed by atoms with Crippen LogP contribution >= 0.6 is 0 Å². The molecule has 3 heteroatoms. The minimum Gasteiger partial charge on any atom is -0.504 e. The molecule has 0 aliphatic rings. The van der Waals surface area contributed by atoms with Gasteiger partial charge in [0, 0.05) is 6.54 Å². The lowest BCUT2D eigenvalue weighted by molar-refractivity contribution is 0.372. The first kappa shape index (κ1) is 15.6. The highest BCUT2D eigenvalue weighted by molar-refractivity contribution is 5.41. The Labute approximate surface area is 116 Å². The summed E-state index contributed by atoms with van der Waals surface area (Å²) in [6.45, 7) is 7.80. The molecule has 2 N–H and O–H groups in total. The molecule has 0 aliphatic carbocycles. The van der Waals surface area contributed by atoms with Crippen LogP contribution in [0.5, 0.6) is 11.5 Å². The van der Waals surface area contributed by atoms with Crippen molar-refractivity contribution in [3.05, 3.63) is 36.4 Å². The fourth-order valence-electron chi connectivity index (χ4n) is 2.10. The van der Waals surface area contributed by atoms with E-state index in [4.69, 9.17) is 4.74 Å². The average Bonchev–Trinajstić information content (AvgIpc) is 2.43. The van der Waals surface area contributed by atoms with Crippen LogP contribution in [0.3, 0.4) is 0 Å². The number of aromatic hydroxyl groups is 1. The highest BCUT2D eigenvalue weighted by Crippen LogP contribution is 2.26. The maximum atomic E-state index is 9.52. The second-order valence-corrected chi connectivity index (χ2v) is 4.77. The maximum Gasteiger partial charge on any atom is 0.160 e. The molecule has 1 aromatic rings. The van der Waals surface area contributed by atoms with Gasteiger partial charge in [-0.3, -0.25) is 0 Å². The Morgan fingerprint density at radius 2 is 2.26 bits per heavy atom. The molecule has 0 amide bonds. The Morgan fingerprint density at radius 1 is 1.47 bits per heavy atom. The Balaban J connectivity index is 2.34. The molecule has 0 fully saturated rings. The number of allylic oxidation sites excluding steroid dienone is 1. The highest BCUT2D eigenvalue weighted by atomic mass is 16.5. The zero-order valence-electron chi connectivity index (χ0n) is 12.0. The third kappa shape index (κ3) is 5.35. The van der Waals surface area contributed by atoms with Gasteiger partial charge in [-0.05, 0) is 43.0 Å². The molecule has 1 aromatic carbocycles. The van der Waals surface area contributed by atoms with Crippen LogP contribution in [0.4, 0.5) is 0 Å². The Morgan fingerprint density at radius 3 is 2.89 bits per heavy atom. The normalized spacial score (nSPS) is 12.1. The number of methoxy groups -OCH3 is 1. The summed E-state index contributed by atoms with van der Waals surface area (Å²) in [6.07, 6.45) is 5.45. The van der Waals surface area contributed by atoms with Crippen LogP contribution in [0.25, 0.3) is 0 Å². The van der Waals surface area contributed by atoms with Crippen molar-refractivity contribution < 1.29 is 9.84 Å². The van der Waals surface area contributed by atoms with E-state index < -0.39 is 0 Å². The van der Waals surface area contributed by atoms with E-state index in [9.17, 15) is 5.11 Å². The molecule has 0 heterocycles. The molecule has 0 spiro atoms. The van der Waals surface area contributed by atoms with E-state index >= 15 is 0 Å². The second-order valence-electron chi connectivity index (χ2n) is 4.77. The lowest BCUT2D eigenvalue weighted by Crippen LogP contribution is -2.17. The summed E-state index contributed by atoms with van der Waals surface area (Å²) in [5.41, 5.74) is 1.12. The molecule has 0 saturated heterocycles. The van der Waals surface area contributed by atoms with Crippen molar-refractivity contribution in [1.29, 1.82) is 0 Å². The first-order valence-electron chi connectivity index (χ1n) is 6.88. The van der Waals surface area contributed by atoms with Crippen molar-refractivity contribution in [3.8, 4) is 11.5 Å². The molecule has 0 bridgehead atoms. The highest BCUT2D eigenvalue weighted by Gasteiger charge is 2.05. The maximum absolute atomic E-state index is 9.52. The van der Waals surface area contributed by atoms with Gasteiger partial charge in [-0.15, -0.1) is 6.58 Å². The van der Waals surface area contributed by atoms with Crippen LogP contribution in [-0.2, 0) is 6.54 Å². The zero-order chi connectivity index (χ0) is 14.1. The molecule has 1 unspecified atom stereocenters. The summed E-state index contributed by atoms with van der Waals surface area (Å²) in [6, 6.07) is 5.44. The van der Waals surface area contributed by atoms with E-state index in [2.05, 4.69) is 18.8 Å². The quantitative estimate of drug-likeness (QED) is 0.529. The fourth-order valence-corrected chi connectivity index (χ4v) is 2.10. The third-order valence-electron chi connectivity index (χ3n) is 3.38. The zero-order valence-corrected chi connectivity index (χ0v) is 12.0. The second kappa shape index (κ2) is 8.59. The fraction of sp³-hybridized carbons (Fsp3) is 0.500. The molecule has 106 valence electrons. The summed E-state index contributed by atoms with van der Waals surface area (Å²) in [4.78, 5) is 0. The van der Waals surface area contributed by atoms with Crippen LogP contribution in [0, 0.1) is 5.92 Å². The molecule has 3 nitrogen and oxygen atoms in total. The average molecular weight is 263 g/mol. The standard InChI is InChI=1S/C16H25NO2/c1-4-6-13(5-2)9-10-17-12-14-7-8-15(18)16(11-14)19-3/h4,7-8,11,13,17-18H,1,5-6,9-10,12H2,2-3H3. The number of benzene rings is 1. The van der Waals surface area contributed by atoms with Crippen molar-refractivity contribution in [2.75, 3.05) is 13.7 Å². The summed E-state index contributed by atoms with van der Waals surface area (Å²) in [5.74, 6) is 1.43. The Kier molecular flexibility index (Phi) is 7.04. The topological polar surface area (TPSA) is 41.5 Å². The van der Waals surface area contributed by atoms with Gasteiger partial charge in [-0.2, -0.15) is 0 Å². The lowest BCUT2D eigenvalue weighted by atomic mass is 9.98. The summed E-state index contributed by atoms with van der Waals surface area (Å²) < 4.78 is 5.09. The monoisotopic (exact) mass is 263 g/mol. The van der Waals surface area contributed by atoms with Crippen LogP contribution in [0.15, 0.2) is 30.9 Å². The van der Waals surface area contributed by atoms with Gasteiger partial charge in [0.25, 0.3) is 0 Å². The van der Waals surface area contributed by atoms with Gasteiger partial charge >= 0.3 is 0 Å². The predicted molar refractivity (Wildman–Crippen MR) is 79.6 cm³/mol. The van der Waals surface area contributed by atoms with Crippen LogP contribution in [0.1, 0.15) is 31.7 Å². The third-order valence-corrected chi connectivity index (χ3v) is 3.38. The van der Waals surface area contributed by atoms with Gasteiger partial charge in [0.2, 0.25) is 0 Å². The molecular formula is C16H25NO2. The van der Waals surface area contributed by atoms with Crippen molar-refractivity contribution in [3.63, 3.8) is 0 Å². The largest absolute Gasteiger partial charge is 0.504 e. The first-order valence-corrected chi connectivity index (χ1v) is 6.88. The molecule has 0 aliphatic heterocycles. The number of phenols is 1. The van der Waals surface area contributed by atoms with E-state index in [1.807, 2.05) is 18.2 Å². The van der Waals surface area contributed by atoms with Gasteiger partial charge in [0.05, 0.1) is 7.11 Å². The molecule has 0 saturated carbocycles. The smallest absolute Gasteiger partial charge is 0.160 e. The van der Waals surface area contributed by atoms with Crippen molar-refractivity contribution in [1.82, 2.24) is 5.32 Å². The lowest BCUT2D eigenvalue weighted by Gasteiger charge is -2.13. The summed E-state index contributed by atoms with van der Waals surface area (Å²) in [7, 11) is 1.56. The number of ether oxygens (including phenoxy) is 1. The first-order chi connectivity index (χ1) is 9.21. The van der Waals surface area contributed by atoms with Crippen molar-refractivity contribution >= 4 is 0 Å². The van der Waals surface area contributed by atoms with E-state index in [1.54, 1.807) is 13.2 Å². The summed E-state index contributed by atoms with van der Waals surface area (Å²) >= 11 is 0. The van der Waals surface area contributed by atoms with Crippen LogP contribution in [-0.4, -0.2) is 18.8 Å². The molecule has 0 radical (unpaired) electrons. The van der Waals surface area contributed by atoms with Crippen molar-refractivity contribution in [2.24, 2.45) is 5.92 Å². The Bertz CT molecular complexity index is 390. The molecule has 19 heavy (non-hydrogen) atoms. The van der Waals surface area contributed by atoms with E-state index in [1.165, 1.54) is 6.42 Å². The number of hydrogen-bond acceptors (Lipinski definition) is 3. The van der Waals surface area contributed by atoms with E-state index in [-0.39, 0.29) is 5.75 Å². The van der Waals surface area contributed by atoms with Crippen LogP contribution in [0.2, 0.25) is 0 Å².